The summed E-state index contributed by atoms with van der Waals surface area (Å²) in [5.41, 5.74) is 1.53. The lowest BCUT2D eigenvalue weighted by Gasteiger charge is -2.34. The van der Waals surface area contributed by atoms with Gasteiger partial charge in [0, 0.05) is 35.6 Å². The molecule has 0 saturated carbocycles. The first-order valence-corrected chi connectivity index (χ1v) is 8.22. The van der Waals surface area contributed by atoms with Crippen molar-refractivity contribution in [1.82, 2.24) is 14.8 Å². The summed E-state index contributed by atoms with van der Waals surface area (Å²) in [7, 11) is 1.98. The molecular formula is C15H15BrClN5. The summed E-state index contributed by atoms with van der Waals surface area (Å²) in [4.78, 5) is 5.87. The van der Waals surface area contributed by atoms with Crippen molar-refractivity contribution < 1.29 is 0 Å². The van der Waals surface area contributed by atoms with Crippen molar-refractivity contribution in [2.75, 3.05) is 18.0 Å². The molecule has 114 valence electrons. The molecule has 1 fully saturated rings. The van der Waals surface area contributed by atoms with Crippen LogP contribution in [0.25, 0.3) is 4.85 Å². The lowest BCUT2D eigenvalue weighted by atomic mass is 9.95. The predicted molar refractivity (Wildman–Crippen MR) is 90.6 cm³/mol. The Morgan fingerprint density at radius 2 is 2.09 bits per heavy atom. The maximum Gasteiger partial charge on any atom is 0.212 e. The van der Waals surface area contributed by atoms with Gasteiger partial charge in [0.05, 0.1) is 12.3 Å². The monoisotopic (exact) mass is 379 g/mol. The average Bonchev–Trinajstić information content (AvgIpc) is 2.93. The van der Waals surface area contributed by atoms with E-state index in [1.807, 2.05) is 17.7 Å². The van der Waals surface area contributed by atoms with E-state index in [1.54, 1.807) is 12.4 Å². The third-order valence-electron chi connectivity index (χ3n) is 4.05. The molecule has 1 aromatic carbocycles. The summed E-state index contributed by atoms with van der Waals surface area (Å²) in [6, 6.07) is 3.57. The van der Waals surface area contributed by atoms with Crippen LogP contribution in [0.1, 0.15) is 24.6 Å². The van der Waals surface area contributed by atoms with Gasteiger partial charge in [-0.25, -0.2) is 4.85 Å². The van der Waals surface area contributed by atoms with Crippen LogP contribution in [0, 0.1) is 6.57 Å². The lowest BCUT2D eigenvalue weighted by Crippen LogP contribution is -2.33. The van der Waals surface area contributed by atoms with E-state index in [9.17, 15) is 0 Å². The number of hydrogen-bond acceptors (Lipinski definition) is 3. The molecule has 0 spiro atoms. The fourth-order valence-corrected chi connectivity index (χ4v) is 4.02. The number of aryl methyl sites for hydroxylation is 1. The van der Waals surface area contributed by atoms with Crippen LogP contribution >= 0.6 is 27.5 Å². The first kappa shape index (κ1) is 15.3. The first-order chi connectivity index (χ1) is 10.6. The first-order valence-electron chi connectivity index (χ1n) is 7.05. The summed E-state index contributed by atoms with van der Waals surface area (Å²) < 4.78 is 2.87. The molecule has 1 aliphatic rings. The highest BCUT2D eigenvalue weighted by Gasteiger charge is 2.26. The largest absolute Gasteiger partial charge is 0.379 e. The van der Waals surface area contributed by atoms with Gasteiger partial charge in [-0.2, -0.15) is 0 Å². The smallest absolute Gasteiger partial charge is 0.212 e. The lowest BCUT2D eigenvalue weighted by molar-refractivity contribution is 0.474. The molecule has 0 radical (unpaired) electrons. The number of halogens is 2. The number of piperidine rings is 1. The minimum atomic E-state index is 0.422. The molecule has 1 aromatic heterocycles. The van der Waals surface area contributed by atoms with Crippen molar-refractivity contribution in [3.05, 3.63) is 45.2 Å². The van der Waals surface area contributed by atoms with Crippen LogP contribution in [0.5, 0.6) is 0 Å². The SMILES string of the molecule is [C-]#[N+]c1cc(Cl)cc(Br)c1N1CCC(c2nncn2C)CC1. The number of rotatable bonds is 2. The molecule has 0 unspecified atom stereocenters. The van der Waals surface area contributed by atoms with Crippen molar-refractivity contribution in [2.24, 2.45) is 7.05 Å². The molecule has 1 saturated heterocycles. The van der Waals surface area contributed by atoms with Crippen molar-refractivity contribution in [1.29, 1.82) is 0 Å². The molecule has 5 nitrogen and oxygen atoms in total. The van der Waals surface area contributed by atoms with E-state index in [2.05, 4.69) is 35.9 Å². The summed E-state index contributed by atoms with van der Waals surface area (Å²) in [6.07, 6.45) is 3.74. The van der Waals surface area contributed by atoms with Crippen molar-refractivity contribution in [3.8, 4) is 0 Å². The van der Waals surface area contributed by atoms with E-state index < -0.39 is 0 Å². The topological polar surface area (TPSA) is 38.3 Å². The highest BCUT2D eigenvalue weighted by molar-refractivity contribution is 9.10. The van der Waals surface area contributed by atoms with Gasteiger partial charge in [-0.05, 0) is 40.9 Å². The van der Waals surface area contributed by atoms with E-state index in [1.165, 1.54) is 0 Å². The van der Waals surface area contributed by atoms with E-state index in [-0.39, 0.29) is 0 Å². The predicted octanol–water partition coefficient (Wildman–Crippen LogP) is 4.17. The van der Waals surface area contributed by atoms with Crippen molar-refractivity contribution >= 4 is 38.9 Å². The maximum absolute atomic E-state index is 7.38. The number of nitrogens with zero attached hydrogens (tertiary/aromatic N) is 5. The van der Waals surface area contributed by atoms with Crippen LogP contribution in [0.3, 0.4) is 0 Å². The highest BCUT2D eigenvalue weighted by Crippen LogP contribution is 2.41. The average molecular weight is 381 g/mol. The molecular weight excluding hydrogens is 366 g/mol. The van der Waals surface area contributed by atoms with Gasteiger partial charge in [-0.3, -0.25) is 0 Å². The zero-order valence-electron chi connectivity index (χ0n) is 12.1. The summed E-state index contributed by atoms with van der Waals surface area (Å²) in [5.74, 6) is 1.46. The molecule has 7 heteroatoms. The van der Waals surface area contributed by atoms with Gasteiger partial charge >= 0.3 is 0 Å². The quantitative estimate of drug-likeness (QED) is 0.734. The Bertz CT molecular complexity index is 728. The van der Waals surface area contributed by atoms with E-state index in [0.29, 0.717) is 16.6 Å². The summed E-state index contributed by atoms with van der Waals surface area (Å²) in [6.45, 7) is 9.15. The van der Waals surface area contributed by atoms with Crippen LogP contribution in [0.2, 0.25) is 5.02 Å². The zero-order valence-corrected chi connectivity index (χ0v) is 14.5. The van der Waals surface area contributed by atoms with Gasteiger partial charge in [0.2, 0.25) is 5.69 Å². The van der Waals surface area contributed by atoms with Crippen LogP contribution in [-0.4, -0.2) is 27.9 Å². The van der Waals surface area contributed by atoms with E-state index >= 15 is 0 Å². The number of aromatic nitrogens is 3. The Morgan fingerprint density at radius 1 is 1.36 bits per heavy atom. The molecule has 0 aliphatic carbocycles. The molecule has 22 heavy (non-hydrogen) atoms. The van der Waals surface area contributed by atoms with Gasteiger partial charge in [-0.15, -0.1) is 10.2 Å². The van der Waals surface area contributed by atoms with Gasteiger partial charge in [0.1, 0.15) is 12.2 Å². The minimum absolute atomic E-state index is 0.422. The molecule has 2 aromatic rings. The normalized spacial score (nSPS) is 15.8. The Labute approximate surface area is 142 Å². The molecule has 1 aliphatic heterocycles. The zero-order chi connectivity index (χ0) is 15.7. The number of hydrogen-bond donors (Lipinski definition) is 0. The Morgan fingerprint density at radius 3 is 2.68 bits per heavy atom. The van der Waals surface area contributed by atoms with Gasteiger partial charge in [0.25, 0.3) is 0 Å². The second kappa shape index (κ2) is 6.27. The second-order valence-corrected chi connectivity index (χ2v) is 6.72. The van der Waals surface area contributed by atoms with E-state index in [0.717, 1.165) is 41.9 Å². The number of anilines is 1. The van der Waals surface area contributed by atoms with Crippen LogP contribution in [-0.2, 0) is 7.05 Å². The third kappa shape index (κ3) is 2.83. The van der Waals surface area contributed by atoms with Gasteiger partial charge < -0.3 is 9.47 Å². The van der Waals surface area contributed by atoms with E-state index in [4.69, 9.17) is 18.2 Å². The number of benzene rings is 1. The summed E-state index contributed by atoms with van der Waals surface area (Å²) in [5, 5.41) is 8.76. The third-order valence-corrected chi connectivity index (χ3v) is 4.87. The second-order valence-electron chi connectivity index (χ2n) is 5.43. The molecule has 2 heterocycles. The van der Waals surface area contributed by atoms with Gasteiger partial charge in [0.15, 0.2) is 0 Å². The Hall–Kier alpha value is -1.58. The van der Waals surface area contributed by atoms with Crippen LogP contribution < -0.4 is 4.90 Å². The standard InChI is InChI=1S/C15H15BrClN5/c1-18-13-8-11(17)7-12(16)14(13)22-5-3-10(4-6-22)15-20-19-9-21(15)2/h7-10H,3-6H2,2H3. The molecule has 0 amide bonds. The summed E-state index contributed by atoms with van der Waals surface area (Å²) >= 11 is 9.58. The Balaban J connectivity index is 1.80. The van der Waals surface area contributed by atoms with Crippen LogP contribution in [0.15, 0.2) is 22.9 Å². The molecule has 0 atom stereocenters. The van der Waals surface area contributed by atoms with Crippen LogP contribution in [0.4, 0.5) is 11.4 Å². The molecule has 0 N–H and O–H groups in total. The van der Waals surface area contributed by atoms with Crippen molar-refractivity contribution in [3.63, 3.8) is 0 Å². The minimum Gasteiger partial charge on any atom is -0.379 e. The highest BCUT2D eigenvalue weighted by atomic mass is 79.9. The van der Waals surface area contributed by atoms with Gasteiger partial charge in [-0.1, -0.05) is 11.6 Å². The molecule has 0 bridgehead atoms. The maximum atomic E-state index is 7.38. The fraction of sp³-hybridized carbons (Fsp3) is 0.400. The Kier molecular flexibility index (Phi) is 4.37. The van der Waals surface area contributed by atoms with Crippen molar-refractivity contribution in [2.45, 2.75) is 18.8 Å². The molecule has 3 rings (SSSR count). The fourth-order valence-electron chi connectivity index (χ4n) is 2.97.